The Bertz CT molecular complexity index is 153. The van der Waals surface area contributed by atoms with E-state index in [1.54, 1.807) is 0 Å². The summed E-state index contributed by atoms with van der Waals surface area (Å²) < 4.78 is 21.7. The van der Waals surface area contributed by atoms with E-state index in [9.17, 15) is 0 Å². The Kier molecular flexibility index (Phi) is 14.8. The molecule has 4 nitrogen and oxygen atoms in total. The predicted octanol–water partition coefficient (Wildman–Crippen LogP) is 2.51. The molecule has 0 N–H and O–H groups in total. The van der Waals surface area contributed by atoms with Crippen LogP contribution >= 0.6 is 0 Å². The highest BCUT2D eigenvalue weighted by atomic mass is 16.5. The molecule has 0 aromatic carbocycles. The summed E-state index contributed by atoms with van der Waals surface area (Å²) in [6.07, 6.45) is 2.13. The lowest BCUT2D eigenvalue weighted by Crippen LogP contribution is -2.18. The zero-order valence-corrected chi connectivity index (χ0v) is 12.3. The summed E-state index contributed by atoms with van der Waals surface area (Å²) in [6, 6.07) is 0. The molecule has 0 saturated carbocycles. The minimum Gasteiger partial charge on any atom is -0.379 e. The number of hydrogen-bond donors (Lipinski definition) is 0. The highest BCUT2D eigenvalue weighted by molar-refractivity contribution is 4.54. The van der Waals surface area contributed by atoms with Gasteiger partial charge in [-0.05, 0) is 19.8 Å². The van der Waals surface area contributed by atoms with E-state index in [1.165, 1.54) is 0 Å². The van der Waals surface area contributed by atoms with E-state index >= 15 is 0 Å². The van der Waals surface area contributed by atoms with Gasteiger partial charge < -0.3 is 18.9 Å². The van der Waals surface area contributed by atoms with Crippen LogP contribution in [0.2, 0.25) is 0 Å². The molecule has 0 bridgehead atoms. The SMILES string of the molecule is CCCOCCOCC(CC)COCCOCC. The third-order valence-corrected chi connectivity index (χ3v) is 2.58. The van der Waals surface area contributed by atoms with Gasteiger partial charge in [0.15, 0.2) is 0 Å². The van der Waals surface area contributed by atoms with Crippen molar-refractivity contribution in [1.29, 1.82) is 0 Å². The fraction of sp³-hybridized carbons (Fsp3) is 1.00. The van der Waals surface area contributed by atoms with E-state index in [2.05, 4.69) is 13.8 Å². The molecule has 0 fully saturated rings. The summed E-state index contributed by atoms with van der Waals surface area (Å²) in [6.45, 7) is 12.0. The molecule has 0 aliphatic heterocycles. The highest BCUT2D eigenvalue weighted by Gasteiger charge is 2.06. The minimum absolute atomic E-state index is 0.470. The van der Waals surface area contributed by atoms with Crippen LogP contribution in [0.5, 0.6) is 0 Å². The molecule has 0 heterocycles. The second-order valence-corrected chi connectivity index (χ2v) is 4.23. The molecule has 18 heavy (non-hydrogen) atoms. The van der Waals surface area contributed by atoms with Crippen LogP contribution in [0, 0.1) is 5.92 Å². The Hall–Kier alpha value is -0.160. The smallest absolute Gasteiger partial charge is 0.0700 e. The minimum atomic E-state index is 0.470. The zero-order valence-electron chi connectivity index (χ0n) is 12.3. The molecular weight excluding hydrogens is 232 g/mol. The number of hydrogen-bond acceptors (Lipinski definition) is 4. The van der Waals surface area contributed by atoms with Crippen molar-refractivity contribution >= 4 is 0 Å². The molecule has 0 spiro atoms. The summed E-state index contributed by atoms with van der Waals surface area (Å²) in [5.74, 6) is 0.470. The van der Waals surface area contributed by atoms with Crippen LogP contribution in [0.3, 0.4) is 0 Å². The number of rotatable bonds is 14. The average Bonchev–Trinajstić information content (AvgIpc) is 2.40. The van der Waals surface area contributed by atoms with E-state index < -0.39 is 0 Å². The van der Waals surface area contributed by atoms with Gasteiger partial charge >= 0.3 is 0 Å². The van der Waals surface area contributed by atoms with Gasteiger partial charge in [0.05, 0.1) is 39.6 Å². The van der Waals surface area contributed by atoms with Crippen molar-refractivity contribution in [3.05, 3.63) is 0 Å². The van der Waals surface area contributed by atoms with Gasteiger partial charge in [-0.3, -0.25) is 0 Å². The fourth-order valence-corrected chi connectivity index (χ4v) is 1.41. The molecule has 0 aromatic rings. The maximum absolute atomic E-state index is 5.58. The van der Waals surface area contributed by atoms with Gasteiger partial charge in [0, 0.05) is 19.1 Å². The van der Waals surface area contributed by atoms with Gasteiger partial charge in [0.25, 0.3) is 0 Å². The highest BCUT2D eigenvalue weighted by Crippen LogP contribution is 2.04. The van der Waals surface area contributed by atoms with Crippen molar-refractivity contribution in [2.24, 2.45) is 5.92 Å². The van der Waals surface area contributed by atoms with Crippen LogP contribution in [-0.4, -0.2) is 52.9 Å². The lowest BCUT2D eigenvalue weighted by Gasteiger charge is -2.15. The van der Waals surface area contributed by atoms with Gasteiger partial charge in [-0.25, -0.2) is 0 Å². The normalized spacial score (nSPS) is 12.8. The molecule has 1 unspecified atom stereocenters. The third-order valence-electron chi connectivity index (χ3n) is 2.58. The van der Waals surface area contributed by atoms with E-state index in [-0.39, 0.29) is 0 Å². The molecule has 0 aromatic heterocycles. The quantitative estimate of drug-likeness (QED) is 0.451. The summed E-state index contributed by atoms with van der Waals surface area (Å²) in [5, 5.41) is 0. The standard InChI is InChI=1S/C14H30O4/c1-4-7-16-9-11-18-13-14(5-2)12-17-10-8-15-6-3/h14H,4-13H2,1-3H3. The fourth-order valence-electron chi connectivity index (χ4n) is 1.41. The first-order valence-corrected chi connectivity index (χ1v) is 7.16. The predicted molar refractivity (Wildman–Crippen MR) is 73.0 cm³/mol. The van der Waals surface area contributed by atoms with Gasteiger partial charge in [0.2, 0.25) is 0 Å². The first-order valence-electron chi connectivity index (χ1n) is 7.16. The lowest BCUT2D eigenvalue weighted by molar-refractivity contribution is -0.00308. The van der Waals surface area contributed by atoms with Gasteiger partial charge in [-0.1, -0.05) is 13.8 Å². The largest absolute Gasteiger partial charge is 0.379 e. The second-order valence-electron chi connectivity index (χ2n) is 4.23. The molecule has 0 aliphatic carbocycles. The van der Waals surface area contributed by atoms with Crippen molar-refractivity contribution < 1.29 is 18.9 Å². The third kappa shape index (κ3) is 12.3. The van der Waals surface area contributed by atoms with Gasteiger partial charge in [0.1, 0.15) is 0 Å². The second kappa shape index (κ2) is 14.9. The van der Waals surface area contributed by atoms with Crippen LogP contribution in [0.1, 0.15) is 33.6 Å². The molecule has 110 valence electrons. The Morgan fingerprint density at radius 3 is 1.72 bits per heavy atom. The van der Waals surface area contributed by atoms with Gasteiger partial charge in [-0.15, -0.1) is 0 Å². The van der Waals surface area contributed by atoms with Crippen LogP contribution < -0.4 is 0 Å². The lowest BCUT2D eigenvalue weighted by atomic mass is 10.1. The molecule has 0 rings (SSSR count). The topological polar surface area (TPSA) is 36.9 Å². The maximum atomic E-state index is 5.58. The van der Waals surface area contributed by atoms with Crippen molar-refractivity contribution in [3.8, 4) is 0 Å². The molecule has 0 aliphatic rings. The van der Waals surface area contributed by atoms with E-state index in [4.69, 9.17) is 18.9 Å². The van der Waals surface area contributed by atoms with Crippen molar-refractivity contribution in [1.82, 2.24) is 0 Å². The summed E-state index contributed by atoms with van der Waals surface area (Å²) in [4.78, 5) is 0. The van der Waals surface area contributed by atoms with Crippen molar-refractivity contribution in [3.63, 3.8) is 0 Å². The average molecular weight is 262 g/mol. The molecule has 0 amide bonds. The van der Waals surface area contributed by atoms with Crippen molar-refractivity contribution in [2.75, 3.05) is 52.9 Å². The van der Waals surface area contributed by atoms with Crippen molar-refractivity contribution in [2.45, 2.75) is 33.6 Å². The summed E-state index contributed by atoms with van der Waals surface area (Å²) >= 11 is 0. The van der Waals surface area contributed by atoms with E-state index in [1.807, 2.05) is 6.92 Å². The maximum Gasteiger partial charge on any atom is 0.0700 e. The Morgan fingerprint density at radius 2 is 1.22 bits per heavy atom. The Balaban J connectivity index is 3.29. The molecule has 0 saturated heterocycles. The van der Waals surface area contributed by atoms with E-state index in [0.29, 0.717) is 32.3 Å². The molecule has 4 heteroatoms. The molecule has 0 radical (unpaired) electrons. The summed E-state index contributed by atoms with van der Waals surface area (Å²) in [7, 11) is 0. The molecular formula is C14H30O4. The number of ether oxygens (including phenoxy) is 4. The first kappa shape index (κ1) is 17.8. The first-order chi connectivity index (χ1) is 8.85. The molecule has 1 atom stereocenters. The van der Waals surface area contributed by atoms with Crippen LogP contribution in [0.25, 0.3) is 0 Å². The van der Waals surface area contributed by atoms with Crippen LogP contribution in [-0.2, 0) is 18.9 Å². The van der Waals surface area contributed by atoms with Crippen LogP contribution in [0.4, 0.5) is 0 Å². The Labute approximate surface area is 112 Å². The van der Waals surface area contributed by atoms with Gasteiger partial charge in [-0.2, -0.15) is 0 Å². The van der Waals surface area contributed by atoms with E-state index in [0.717, 1.165) is 39.3 Å². The zero-order chi connectivity index (χ0) is 13.5. The summed E-state index contributed by atoms with van der Waals surface area (Å²) in [5.41, 5.74) is 0. The van der Waals surface area contributed by atoms with Crippen LogP contribution in [0.15, 0.2) is 0 Å². The Morgan fingerprint density at radius 1 is 0.667 bits per heavy atom. The monoisotopic (exact) mass is 262 g/mol.